The molecule has 0 fully saturated rings. The Morgan fingerprint density at radius 2 is 2.19 bits per heavy atom. The SMILES string of the molecule is CCOCCOc1ccc(Br)c(C#N)c1N. The van der Waals surface area contributed by atoms with Crippen LogP contribution in [-0.2, 0) is 4.74 Å². The van der Waals surface area contributed by atoms with E-state index in [1.54, 1.807) is 12.1 Å². The molecule has 0 aliphatic heterocycles. The summed E-state index contributed by atoms with van der Waals surface area (Å²) in [7, 11) is 0. The number of hydrogen-bond acceptors (Lipinski definition) is 4. The van der Waals surface area contributed by atoms with E-state index in [4.69, 9.17) is 20.5 Å². The van der Waals surface area contributed by atoms with Crippen LogP contribution in [0.25, 0.3) is 0 Å². The van der Waals surface area contributed by atoms with Gasteiger partial charge in [-0.15, -0.1) is 0 Å². The van der Waals surface area contributed by atoms with Crippen LogP contribution in [0.5, 0.6) is 5.75 Å². The van der Waals surface area contributed by atoms with E-state index in [1.807, 2.05) is 13.0 Å². The number of anilines is 1. The van der Waals surface area contributed by atoms with Gasteiger partial charge >= 0.3 is 0 Å². The van der Waals surface area contributed by atoms with Crippen molar-refractivity contribution in [3.8, 4) is 11.8 Å². The summed E-state index contributed by atoms with van der Waals surface area (Å²) in [5, 5.41) is 8.89. The maximum atomic E-state index is 8.89. The van der Waals surface area contributed by atoms with E-state index in [9.17, 15) is 0 Å². The number of benzene rings is 1. The quantitative estimate of drug-likeness (QED) is 0.666. The highest BCUT2D eigenvalue weighted by Gasteiger charge is 2.09. The summed E-state index contributed by atoms with van der Waals surface area (Å²) < 4.78 is 11.2. The lowest BCUT2D eigenvalue weighted by Crippen LogP contribution is -2.08. The molecule has 0 unspecified atom stereocenters. The molecule has 1 rings (SSSR count). The number of hydrogen-bond donors (Lipinski definition) is 1. The monoisotopic (exact) mass is 284 g/mol. The fourth-order valence-corrected chi connectivity index (χ4v) is 1.60. The van der Waals surface area contributed by atoms with Crippen molar-refractivity contribution >= 4 is 21.6 Å². The number of halogens is 1. The van der Waals surface area contributed by atoms with Crippen LogP contribution >= 0.6 is 15.9 Å². The molecule has 0 saturated carbocycles. The highest BCUT2D eigenvalue weighted by Crippen LogP contribution is 2.30. The molecule has 0 saturated heterocycles. The molecular formula is C11H13BrN2O2. The molecule has 0 aromatic heterocycles. The van der Waals surface area contributed by atoms with Gasteiger partial charge in [-0.1, -0.05) is 0 Å². The molecule has 2 N–H and O–H groups in total. The van der Waals surface area contributed by atoms with E-state index in [1.165, 1.54) is 0 Å². The van der Waals surface area contributed by atoms with Crippen molar-refractivity contribution in [1.29, 1.82) is 5.26 Å². The van der Waals surface area contributed by atoms with Gasteiger partial charge in [0.05, 0.1) is 17.9 Å². The summed E-state index contributed by atoms with van der Waals surface area (Å²) in [4.78, 5) is 0. The maximum Gasteiger partial charge on any atom is 0.143 e. The molecule has 16 heavy (non-hydrogen) atoms. The van der Waals surface area contributed by atoms with E-state index in [0.717, 1.165) is 0 Å². The van der Waals surface area contributed by atoms with E-state index in [0.29, 0.717) is 41.3 Å². The van der Waals surface area contributed by atoms with Crippen molar-refractivity contribution < 1.29 is 9.47 Å². The number of ether oxygens (including phenoxy) is 2. The number of rotatable bonds is 5. The van der Waals surface area contributed by atoms with Crippen LogP contribution in [0.4, 0.5) is 5.69 Å². The number of nitrogens with two attached hydrogens (primary N) is 1. The zero-order valence-electron chi connectivity index (χ0n) is 9.00. The number of nitrogen functional groups attached to an aromatic ring is 1. The molecule has 0 bridgehead atoms. The predicted octanol–water partition coefficient (Wildman–Crippen LogP) is 2.32. The van der Waals surface area contributed by atoms with Gasteiger partial charge in [0.25, 0.3) is 0 Å². The van der Waals surface area contributed by atoms with Crippen LogP contribution in [0, 0.1) is 11.3 Å². The minimum absolute atomic E-state index is 0.355. The minimum Gasteiger partial charge on any atom is -0.489 e. The van der Waals surface area contributed by atoms with Crippen molar-refractivity contribution in [3.63, 3.8) is 0 Å². The molecule has 0 radical (unpaired) electrons. The summed E-state index contributed by atoms with van der Waals surface area (Å²) >= 11 is 3.25. The molecular weight excluding hydrogens is 272 g/mol. The van der Waals surface area contributed by atoms with Crippen molar-refractivity contribution in [2.75, 3.05) is 25.6 Å². The molecule has 1 aromatic carbocycles. The Bertz CT molecular complexity index is 402. The average molecular weight is 285 g/mol. The normalized spacial score (nSPS) is 9.81. The zero-order chi connectivity index (χ0) is 12.0. The smallest absolute Gasteiger partial charge is 0.143 e. The Morgan fingerprint density at radius 1 is 1.44 bits per heavy atom. The van der Waals surface area contributed by atoms with Gasteiger partial charge in [0.15, 0.2) is 0 Å². The molecule has 0 aliphatic rings. The fourth-order valence-electron chi connectivity index (χ4n) is 1.17. The van der Waals surface area contributed by atoms with Crippen LogP contribution in [0.3, 0.4) is 0 Å². The Balaban J connectivity index is 2.71. The summed E-state index contributed by atoms with van der Waals surface area (Å²) in [6.45, 7) is 3.50. The predicted molar refractivity (Wildman–Crippen MR) is 65.3 cm³/mol. The van der Waals surface area contributed by atoms with Gasteiger partial charge in [-0.25, -0.2) is 0 Å². The maximum absolute atomic E-state index is 8.89. The standard InChI is InChI=1S/C11H13BrN2O2/c1-2-15-5-6-16-10-4-3-9(12)8(7-13)11(10)14/h3-4H,2,5-6,14H2,1H3. The second-order valence-corrected chi connectivity index (χ2v) is 3.85. The van der Waals surface area contributed by atoms with Crippen LogP contribution in [-0.4, -0.2) is 19.8 Å². The van der Waals surface area contributed by atoms with E-state index >= 15 is 0 Å². The van der Waals surface area contributed by atoms with Gasteiger partial charge in [0.2, 0.25) is 0 Å². The Morgan fingerprint density at radius 3 is 2.81 bits per heavy atom. The second-order valence-electron chi connectivity index (χ2n) is 2.99. The lowest BCUT2D eigenvalue weighted by Gasteiger charge is -2.10. The van der Waals surface area contributed by atoms with Crippen molar-refractivity contribution in [3.05, 3.63) is 22.2 Å². The van der Waals surface area contributed by atoms with Gasteiger partial charge in [-0.3, -0.25) is 0 Å². The van der Waals surface area contributed by atoms with E-state index in [2.05, 4.69) is 15.9 Å². The van der Waals surface area contributed by atoms with Gasteiger partial charge in [0, 0.05) is 11.1 Å². The first-order chi connectivity index (χ1) is 7.70. The highest BCUT2D eigenvalue weighted by atomic mass is 79.9. The molecule has 1 aromatic rings. The topological polar surface area (TPSA) is 68.3 Å². The molecule has 86 valence electrons. The average Bonchev–Trinajstić information content (AvgIpc) is 2.28. The third-order valence-corrected chi connectivity index (χ3v) is 2.62. The first kappa shape index (κ1) is 12.8. The number of nitriles is 1. The van der Waals surface area contributed by atoms with Gasteiger partial charge < -0.3 is 15.2 Å². The molecule has 0 amide bonds. The molecule has 5 heteroatoms. The first-order valence-corrected chi connectivity index (χ1v) is 5.68. The Labute approximate surface area is 103 Å². The largest absolute Gasteiger partial charge is 0.489 e. The highest BCUT2D eigenvalue weighted by molar-refractivity contribution is 9.10. The molecule has 0 spiro atoms. The third-order valence-electron chi connectivity index (χ3n) is 1.96. The number of nitrogens with zero attached hydrogens (tertiary/aromatic N) is 1. The zero-order valence-corrected chi connectivity index (χ0v) is 10.6. The molecule has 0 aliphatic carbocycles. The fraction of sp³-hybridized carbons (Fsp3) is 0.364. The van der Waals surface area contributed by atoms with Crippen molar-refractivity contribution in [1.82, 2.24) is 0 Å². The van der Waals surface area contributed by atoms with Crippen LogP contribution in [0.1, 0.15) is 12.5 Å². The lowest BCUT2D eigenvalue weighted by atomic mass is 10.2. The molecule has 0 atom stereocenters. The molecule has 4 nitrogen and oxygen atoms in total. The molecule has 0 heterocycles. The van der Waals surface area contributed by atoms with Crippen molar-refractivity contribution in [2.45, 2.75) is 6.92 Å². The Kier molecular flexibility index (Phi) is 5.09. The van der Waals surface area contributed by atoms with Crippen LogP contribution in [0.15, 0.2) is 16.6 Å². The van der Waals surface area contributed by atoms with Gasteiger partial charge in [-0.2, -0.15) is 5.26 Å². The van der Waals surface area contributed by atoms with Crippen molar-refractivity contribution in [2.24, 2.45) is 0 Å². The van der Waals surface area contributed by atoms with Gasteiger partial charge in [-0.05, 0) is 35.0 Å². The van der Waals surface area contributed by atoms with E-state index < -0.39 is 0 Å². The first-order valence-electron chi connectivity index (χ1n) is 4.89. The minimum atomic E-state index is 0.355. The summed E-state index contributed by atoms with van der Waals surface area (Å²) in [6.07, 6.45) is 0. The van der Waals surface area contributed by atoms with Crippen LogP contribution in [0.2, 0.25) is 0 Å². The van der Waals surface area contributed by atoms with Crippen LogP contribution < -0.4 is 10.5 Å². The van der Waals surface area contributed by atoms with Gasteiger partial charge in [0.1, 0.15) is 18.4 Å². The summed E-state index contributed by atoms with van der Waals surface area (Å²) in [5.74, 6) is 0.513. The van der Waals surface area contributed by atoms with E-state index in [-0.39, 0.29) is 0 Å². The Hall–Kier alpha value is -1.25. The lowest BCUT2D eigenvalue weighted by molar-refractivity contribution is 0.110. The summed E-state index contributed by atoms with van der Waals surface area (Å²) in [6, 6.07) is 5.49. The summed E-state index contributed by atoms with van der Waals surface area (Å²) in [5.41, 5.74) is 6.54. The second kappa shape index (κ2) is 6.36. The third kappa shape index (κ3) is 3.12.